The zero-order chi connectivity index (χ0) is 22.4. The summed E-state index contributed by atoms with van der Waals surface area (Å²) in [4.78, 5) is 39.2. The van der Waals surface area contributed by atoms with Gasteiger partial charge in [-0.25, -0.2) is 4.90 Å². The number of halogens is 2. The molecular formula is C24H16Cl2N2O4. The lowest BCUT2D eigenvalue weighted by Gasteiger charge is -2.25. The molecule has 0 spiro atoms. The van der Waals surface area contributed by atoms with Gasteiger partial charge >= 0.3 is 0 Å². The maximum atomic E-state index is 12.8. The minimum atomic E-state index is -0.430. The van der Waals surface area contributed by atoms with E-state index in [-0.39, 0.29) is 23.2 Å². The SMILES string of the molecule is O=C(Nc1ccc(N2C(=O)c3ccccc3C2=O)c(Cl)c1)C1COc2ccc(Cl)cc2C1. The average molecular weight is 467 g/mol. The first-order chi connectivity index (χ1) is 15.4. The molecule has 0 aliphatic carbocycles. The highest BCUT2D eigenvalue weighted by Gasteiger charge is 2.37. The molecule has 3 amide bonds. The van der Waals surface area contributed by atoms with Gasteiger partial charge in [-0.3, -0.25) is 14.4 Å². The third-order valence-corrected chi connectivity index (χ3v) is 6.09. The molecule has 2 aliphatic heterocycles. The fraction of sp³-hybridized carbons (Fsp3) is 0.125. The third-order valence-electron chi connectivity index (χ3n) is 5.55. The molecule has 8 heteroatoms. The van der Waals surface area contributed by atoms with E-state index < -0.39 is 17.7 Å². The molecule has 2 heterocycles. The van der Waals surface area contributed by atoms with Crippen molar-refractivity contribution >= 4 is 52.3 Å². The number of hydrogen-bond acceptors (Lipinski definition) is 4. The van der Waals surface area contributed by atoms with Crippen molar-refractivity contribution in [2.75, 3.05) is 16.8 Å². The van der Waals surface area contributed by atoms with Gasteiger partial charge in [-0.05, 0) is 60.5 Å². The van der Waals surface area contributed by atoms with Crippen molar-refractivity contribution < 1.29 is 19.1 Å². The molecule has 5 rings (SSSR count). The average Bonchev–Trinajstić information content (AvgIpc) is 3.04. The molecular weight excluding hydrogens is 451 g/mol. The highest BCUT2D eigenvalue weighted by Crippen LogP contribution is 2.35. The van der Waals surface area contributed by atoms with Crippen LogP contribution < -0.4 is 15.0 Å². The van der Waals surface area contributed by atoms with Crippen LogP contribution in [0.3, 0.4) is 0 Å². The molecule has 1 N–H and O–H groups in total. The van der Waals surface area contributed by atoms with E-state index >= 15 is 0 Å². The number of carbonyl (C=O) groups is 3. The second kappa shape index (κ2) is 7.97. The van der Waals surface area contributed by atoms with Gasteiger partial charge in [0, 0.05) is 10.7 Å². The van der Waals surface area contributed by atoms with Crippen molar-refractivity contribution in [1.29, 1.82) is 0 Å². The van der Waals surface area contributed by atoms with Crippen LogP contribution in [0.15, 0.2) is 60.7 Å². The van der Waals surface area contributed by atoms with E-state index in [0.29, 0.717) is 28.3 Å². The van der Waals surface area contributed by atoms with Crippen LogP contribution in [0, 0.1) is 5.92 Å². The summed E-state index contributed by atoms with van der Waals surface area (Å²) >= 11 is 12.4. The Morgan fingerprint density at radius 3 is 2.38 bits per heavy atom. The van der Waals surface area contributed by atoms with E-state index in [9.17, 15) is 14.4 Å². The number of ether oxygens (including phenoxy) is 1. The Morgan fingerprint density at radius 1 is 0.969 bits per heavy atom. The molecule has 1 atom stereocenters. The van der Waals surface area contributed by atoms with Crippen LogP contribution in [0.1, 0.15) is 26.3 Å². The molecule has 32 heavy (non-hydrogen) atoms. The Balaban J connectivity index is 1.33. The predicted molar refractivity (Wildman–Crippen MR) is 122 cm³/mol. The van der Waals surface area contributed by atoms with Crippen molar-refractivity contribution in [2.45, 2.75) is 6.42 Å². The van der Waals surface area contributed by atoms with Crippen LogP contribution in [0.4, 0.5) is 11.4 Å². The first kappa shape index (κ1) is 20.5. The first-order valence-electron chi connectivity index (χ1n) is 9.92. The standard InChI is InChI=1S/C24H16Cl2N2O4/c25-15-5-8-21-13(10-15)9-14(12-32-21)22(29)27-16-6-7-20(19(26)11-16)28-23(30)17-3-1-2-4-18(17)24(28)31/h1-8,10-11,14H,9,12H2,(H,27,29). The normalized spacial score (nSPS) is 16.9. The first-order valence-corrected chi connectivity index (χ1v) is 10.7. The van der Waals surface area contributed by atoms with Gasteiger partial charge in [0.1, 0.15) is 12.4 Å². The van der Waals surface area contributed by atoms with Gasteiger partial charge in [0.15, 0.2) is 0 Å². The molecule has 3 aromatic carbocycles. The Labute approximate surface area is 193 Å². The smallest absolute Gasteiger partial charge is 0.266 e. The number of anilines is 2. The molecule has 1 unspecified atom stereocenters. The van der Waals surface area contributed by atoms with Crippen LogP contribution in [0.25, 0.3) is 0 Å². The van der Waals surface area contributed by atoms with Gasteiger partial charge in [-0.1, -0.05) is 35.3 Å². The van der Waals surface area contributed by atoms with Crippen LogP contribution in [-0.4, -0.2) is 24.3 Å². The lowest BCUT2D eigenvalue weighted by Crippen LogP contribution is -2.32. The van der Waals surface area contributed by atoms with E-state index in [1.54, 1.807) is 54.6 Å². The Bertz CT molecular complexity index is 1260. The molecule has 0 fully saturated rings. The monoisotopic (exact) mass is 466 g/mol. The lowest BCUT2D eigenvalue weighted by atomic mass is 9.96. The van der Waals surface area contributed by atoms with Crippen LogP contribution in [-0.2, 0) is 11.2 Å². The summed E-state index contributed by atoms with van der Waals surface area (Å²) in [5.74, 6) is -0.746. The maximum absolute atomic E-state index is 12.8. The number of carbonyl (C=O) groups excluding carboxylic acids is 3. The quantitative estimate of drug-likeness (QED) is 0.552. The van der Waals surface area contributed by atoms with Crippen LogP contribution >= 0.6 is 23.2 Å². The Hall–Kier alpha value is -3.35. The third kappa shape index (κ3) is 3.51. The van der Waals surface area contributed by atoms with E-state index in [1.807, 2.05) is 0 Å². The maximum Gasteiger partial charge on any atom is 0.266 e. The Morgan fingerprint density at radius 2 is 1.69 bits per heavy atom. The summed E-state index contributed by atoms with van der Waals surface area (Å²) in [5.41, 5.74) is 2.27. The fourth-order valence-electron chi connectivity index (χ4n) is 3.95. The molecule has 160 valence electrons. The second-order valence-corrected chi connectivity index (χ2v) is 8.45. The van der Waals surface area contributed by atoms with Crippen molar-refractivity contribution in [2.24, 2.45) is 5.92 Å². The lowest BCUT2D eigenvalue weighted by molar-refractivity contribution is -0.121. The summed E-state index contributed by atoms with van der Waals surface area (Å²) < 4.78 is 5.69. The number of amides is 3. The largest absolute Gasteiger partial charge is 0.492 e. The minimum Gasteiger partial charge on any atom is -0.492 e. The minimum absolute atomic E-state index is 0.175. The topological polar surface area (TPSA) is 75.7 Å². The van der Waals surface area contributed by atoms with Crippen LogP contribution in [0.5, 0.6) is 5.75 Å². The molecule has 0 bridgehead atoms. The van der Waals surface area contributed by atoms with E-state index in [2.05, 4.69) is 5.32 Å². The fourth-order valence-corrected chi connectivity index (χ4v) is 4.41. The molecule has 2 aliphatic rings. The van der Waals surface area contributed by atoms with Gasteiger partial charge in [0.25, 0.3) is 11.8 Å². The van der Waals surface area contributed by atoms with Gasteiger partial charge < -0.3 is 10.1 Å². The predicted octanol–water partition coefficient (Wildman–Crippen LogP) is 4.98. The van der Waals surface area contributed by atoms with Crippen molar-refractivity contribution in [3.05, 3.63) is 87.4 Å². The molecule has 0 radical (unpaired) electrons. The van der Waals surface area contributed by atoms with Crippen molar-refractivity contribution in [3.63, 3.8) is 0 Å². The number of benzene rings is 3. The molecule has 0 saturated heterocycles. The van der Waals surface area contributed by atoms with Crippen LogP contribution in [0.2, 0.25) is 10.0 Å². The zero-order valence-electron chi connectivity index (χ0n) is 16.6. The van der Waals surface area contributed by atoms with Gasteiger partial charge in [0.2, 0.25) is 5.91 Å². The number of rotatable bonds is 3. The summed E-state index contributed by atoms with van der Waals surface area (Å²) in [7, 11) is 0. The highest BCUT2D eigenvalue weighted by atomic mass is 35.5. The number of nitrogens with one attached hydrogen (secondary N) is 1. The number of nitrogens with zero attached hydrogens (tertiary/aromatic N) is 1. The van der Waals surface area contributed by atoms with Crippen molar-refractivity contribution in [3.8, 4) is 5.75 Å². The summed E-state index contributed by atoms with van der Waals surface area (Å²) in [6, 6.07) is 16.6. The summed E-state index contributed by atoms with van der Waals surface area (Å²) in [5, 5.41) is 3.59. The van der Waals surface area contributed by atoms with Crippen molar-refractivity contribution in [1.82, 2.24) is 0 Å². The number of imide groups is 1. The molecule has 3 aromatic rings. The highest BCUT2D eigenvalue weighted by molar-refractivity contribution is 6.40. The van der Waals surface area contributed by atoms with E-state index in [4.69, 9.17) is 27.9 Å². The molecule has 0 saturated carbocycles. The number of hydrogen-bond donors (Lipinski definition) is 1. The molecule has 6 nitrogen and oxygen atoms in total. The van der Waals surface area contributed by atoms with Gasteiger partial charge in [-0.2, -0.15) is 0 Å². The number of fused-ring (bicyclic) bond motifs is 2. The summed E-state index contributed by atoms with van der Waals surface area (Å²) in [6.07, 6.45) is 0.503. The summed E-state index contributed by atoms with van der Waals surface area (Å²) in [6.45, 7) is 0.251. The van der Waals surface area contributed by atoms with Gasteiger partial charge in [-0.15, -0.1) is 0 Å². The van der Waals surface area contributed by atoms with E-state index in [1.165, 1.54) is 6.07 Å². The zero-order valence-corrected chi connectivity index (χ0v) is 18.1. The van der Waals surface area contributed by atoms with E-state index in [0.717, 1.165) is 16.2 Å². The van der Waals surface area contributed by atoms with Gasteiger partial charge in [0.05, 0.1) is 27.8 Å². The Kier molecular flexibility index (Phi) is 5.12. The molecule has 0 aromatic heterocycles. The second-order valence-electron chi connectivity index (χ2n) is 7.61.